The van der Waals surface area contributed by atoms with E-state index < -0.39 is 4.92 Å². The highest BCUT2D eigenvalue weighted by atomic mass is 16.6. The Hall–Kier alpha value is -1.89. The first-order chi connectivity index (χ1) is 9.02. The van der Waals surface area contributed by atoms with Crippen molar-refractivity contribution in [3.63, 3.8) is 0 Å². The number of nitro groups is 1. The van der Waals surface area contributed by atoms with Crippen LogP contribution in [-0.4, -0.2) is 40.3 Å². The van der Waals surface area contributed by atoms with Crippen LogP contribution in [0.3, 0.4) is 0 Å². The van der Waals surface area contributed by atoms with Crippen LogP contribution < -0.4 is 5.73 Å². The van der Waals surface area contributed by atoms with Crippen molar-refractivity contribution in [2.45, 2.75) is 13.3 Å². The van der Waals surface area contributed by atoms with Crippen LogP contribution in [0.4, 0.5) is 5.69 Å². The molecule has 7 nitrogen and oxygen atoms in total. The summed E-state index contributed by atoms with van der Waals surface area (Å²) in [5, 5.41) is 10.6. The number of nitrogens with zero attached hydrogens (tertiary/aromatic N) is 2. The summed E-state index contributed by atoms with van der Waals surface area (Å²) in [7, 11) is 0. The Labute approximate surface area is 110 Å². The van der Waals surface area contributed by atoms with Crippen molar-refractivity contribution < 1.29 is 9.72 Å². The normalized spacial score (nSPS) is 23.4. The van der Waals surface area contributed by atoms with Gasteiger partial charge >= 0.3 is 0 Å². The molecule has 1 aromatic rings. The molecule has 1 aliphatic heterocycles. The minimum absolute atomic E-state index is 0.0934. The molecule has 0 aliphatic carbocycles. The van der Waals surface area contributed by atoms with Gasteiger partial charge in [-0.25, -0.2) is 0 Å². The van der Waals surface area contributed by atoms with Gasteiger partial charge in [-0.05, 0) is 24.8 Å². The smallest absolute Gasteiger partial charge is 0.287 e. The molecule has 7 heteroatoms. The van der Waals surface area contributed by atoms with Crippen LogP contribution in [0, 0.1) is 22.0 Å². The van der Waals surface area contributed by atoms with Crippen molar-refractivity contribution in [2.75, 3.05) is 19.6 Å². The van der Waals surface area contributed by atoms with E-state index in [1.807, 2.05) is 0 Å². The molecule has 1 saturated heterocycles. The maximum Gasteiger partial charge on any atom is 0.287 e. The number of piperidine rings is 1. The first kappa shape index (κ1) is 13.5. The summed E-state index contributed by atoms with van der Waals surface area (Å²) >= 11 is 0. The molecule has 1 aliphatic rings. The lowest BCUT2D eigenvalue weighted by molar-refractivity contribution is -0.384. The van der Waals surface area contributed by atoms with E-state index in [1.54, 1.807) is 4.90 Å². The fourth-order valence-corrected chi connectivity index (χ4v) is 2.42. The zero-order valence-electron chi connectivity index (χ0n) is 10.8. The van der Waals surface area contributed by atoms with Gasteiger partial charge in [-0.2, -0.15) is 0 Å². The average molecular weight is 266 g/mol. The number of rotatable bonds is 3. The molecule has 0 spiro atoms. The number of nitrogens with two attached hydrogens (primary N) is 1. The van der Waals surface area contributed by atoms with Gasteiger partial charge in [0.2, 0.25) is 0 Å². The second-order valence-corrected chi connectivity index (χ2v) is 5.04. The first-order valence-corrected chi connectivity index (χ1v) is 6.35. The lowest BCUT2D eigenvalue weighted by Crippen LogP contribution is -2.45. The number of carbonyl (C=O) groups excluding carboxylic acids is 1. The molecule has 2 unspecified atom stereocenters. The summed E-state index contributed by atoms with van der Waals surface area (Å²) in [4.78, 5) is 26.7. The summed E-state index contributed by atoms with van der Waals surface area (Å²) < 4.78 is 0. The highest BCUT2D eigenvalue weighted by Gasteiger charge is 2.29. The zero-order chi connectivity index (χ0) is 14.0. The molecule has 1 amide bonds. The van der Waals surface area contributed by atoms with Gasteiger partial charge in [-0.1, -0.05) is 6.92 Å². The van der Waals surface area contributed by atoms with Crippen LogP contribution in [0.2, 0.25) is 0 Å². The Morgan fingerprint density at radius 2 is 2.42 bits per heavy atom. The van der Waals surface area contributed by atoms with E-state index in [4.69, 9.17) is 5.73 Å². The number of aromatic amines is 1. The molecule has 0 aromatic carbocycles. The molecular formula is C12H18N4O3. The summed E-state index contributed by atoms with van der Waals surface area (Å²) in [5.74, 6) is 0.605. The molecule has 1 aromatic heterocycles. The van der Waals surface area contributed by atoms with E-state index in [9.17, 15) is 14.9 Å². The van der Waals surface area contributed by atoms with Gasteiger partial charge < -0.3 is 15.6 Å². The number of carbonyl (C=O) groups is 1. The second kappa shape index (κ2) is 5.40. The number of hydrogen-bond acceptors (Lipinski definition) is 4. The Balaban J connectivity index is 2.08. The number of H-pyrrole nitrogens is 1. The van der Waals surface area contributed by atoms with E-state index in [-0.39, 0.29) is 17.3 Å². The maximum atomic E-state index is 12.2. The van der Waals surface area contributed by atoms with Crippen LogP contribution in [0.5, 0.6) is 0 Å². The summed E-state index contributed by atoms with van der Waals surface area (Å²) in [6.07, 6.45) is 2.15. The van der Waals surface area contributed by atoms with Crippen molar-refractivity contribution in [1.29, 1.82) is 0 Å². The Kier molecular flexibility index (Phi) is 3.84. The van der Waals surface area contributed by atoms with Crippen LogP contribution in [0.1, 0.15) is 23.8 Å². The van der Waals surface area contributed by atoms with E-state index in [1.165, 1.54) is 12.3 Å². The third-order valence-corrected chi connectivity index (χ3v) is 3.81. The molecule has 19 heavy (non-hydrogen) atoms. The van der Waals surface area contributed by atoms with Gasteiger partial charge in [0.25, 0.3) is 11.6 Å². The van der Waals surface area contributed by atoms with Gasteiger partial charge in [0.15, 0.2) is 0 Å². The van der Waals surface area contributed by atoms with Crippen LogP contribution in [0.15, 0.2) is 12.3 Å². The number of hydrogen-bond donors (Lipinski definition) is 2. The van der Waals surface area contributed by atoms with E-state index >= 15 is 0 Å². The molecule has 2 atom stereocenters. The lowest BCUT2D eigenvalue weighted by Gasteiger charge is -2.36. The van der Waals surface area contributed by atoms with Gasteiger partial charge in [0.1, 0.15) is 5.69 Å². The third kappa shape index (κ3) is 2.76. The number of likely N-dealkylation sites (tertiary alicyclic amines) is 1. The fourth-order valence-electron chi connectivity index (χ4n) is 2.42. The molecule has 0 saturated carbocycles. The Bertz CT molecular complexity index is 485. The minimum Gasteiger partial charge on any atom is -0.351 e. The quantitative estimate of drug-likeness (QED) is 0.628. The molecule has 3 N–H and O–H groups in total. The monoisotopic (exact) mass is 266 g/mol. The first-order valence-electron chi connectivity index (χ1n) is 6.35. The van der Waals surface area contributed by atoms with E-state index in [2.05, 4.69) is 11.9 Å². The van der Waals surface area contributed by atoms with E-state index in [0.29, 0.717) is 31.5 Å². The predicted molar refractivity (Wildman–Crippen MR) is 69.7 cm³/mol. The van der Waals surface area contributed by atoms with Crippen LogP contribution in [-0.2, 0) is 0 Å². The van der Waals surface area contributed by atoms with E-state index in [0.717, 1.165) is 6.42 Å². The average Bonchev–Trinajstić information content (AvgIpc) is 2.88. The largest absolute Gasteiger partial charge is 0.351 e. The molecule has 1 fully saturated rings. The Morgan fingerprint density at radius 3 is 3.00 bits per heavy atom. The standard InChI is InChI=1S/C12H18N4O3/c1-8-2-3-15(7-9(8)5-13)12(17)11-4-10(6-14-11)16(18)19/h4,6,8-9,14H,2-3,5,7,13H2,1H3. The minimum atomic E-state index is -0.520. The molecule has 0 radical (unpaired) electrons. The van der Waals surface area contributed by atoms with Gasteiger partial charge in [-0.15, -0.1) is 0 Å². The zero-order valence-corrected chi connectivity index (χ0v) is 10.8. The second-order valence-electron chi connectivity index (χ2n) is 5.04. The maximum absolute atomic E-state index is 12.2. The molecule has 2 rings (SSSR count). The number of nitrogens with one attached hydrogen (secondary N) is 1. The molecule has 0 bridgehead atoms. The Morgan fingerprint density at radius 1 is 1.68 bits per heavy atom. The highest BCUT2D eigenvalue weighted by molar-refractivity contribution is 5.93. The van der Waals surface area contributed by atoms with Crippen LogP contribution in [0.25, 0.3) is 0 Å². The van der Waals surface area contributed by atoms with Gasteiger partial charge in [0, 0.05) is 19.2 Å². The number of amides is 1. The fraction of sp³-hybridized carbons (Fsp3) is 0.583. The highest BCUT2D eigenvalue weighted by Crippen LogP contribution is 2.24. The topological polar surface area (TPSA) is 105 Å². The summed E-state index contributed by atoms with van der Waals surface area (Å²) in [5.41, 5.74) is 5.87. The SMILES string of the molecule is CC1CCN(C(=O)c2cc([N+](=O)[O-])c[nH]2)CC1CN. The van der Waals surface area contributed by atoms with Crippen molar-refractivity contribution in [3.8, 4) is 0 Å². The van der Waals surface area contributed by atoms with Crippen molar-refractivity contribution >= 4 is 11.6 Å². The van der Waals surface area contributed by atoms with Gasteiger partial charge in [0.05, 0.1) is 11.1 Å². The third-order valence-electron chi connectivity index (χ3n) is 3.81. The van der Waals surface area contributed by atoms with Crippen molar-refractivity contribution in [1.82, 2.24) is 9.88 Å². The summed E-state index contributed by atoms with van der Waals surface area (Å²) in [6.45, 7) is 3.97. The van der Waals surface area contributed by atoms with Crippen LogP contribution >= 0.6 is 0 Å². The number of aromatic nitrogens is 1. The predicted octanol–water partition coefficient (Wildman–Crippen LogP) is 0.980. The lowest BCUT2D eigenvalue weighted by atomic mass is 9.87. The summed E-state index contributed by atoms with van der Waals surface area (Å²) in [6, 6.07) is 1.28. The van der Waals surface area contributed by atoms with Gasteiger partial charge in [-0.3, -0.25) is 14.9 Å². The molecule has 104 valence electrons. The molecular weight excluding hydrogens is 248 g/mol. The molecule has 2 heterocycles. The van der Waals surface area contributed by atoms with Crippen molar-refractivity contribution in [3.05, 3.63) is 28.1 Å². The van der Waals surface area contributed by atoms with Crippen molar-refractivity contribution in [2.24, 2.45) is 17.6 Å².